The van der Waals surface area contributed by atoms with Gasteiger partial charge in [-0.15, -0.1) is 0 Å². The summed E-state index contributed by atoms with van der Waals surface area (Å²) in [6.45, 7) is 0. The standard InChI is InChI=1S/C7H8N2O2.Li/c1-11-6-4-5(7(8)10)2-3-9-6;/h2-4H,1H3,(H2,8,10);. The number of primary amides is 1. The topological polar surface area (TPSA) is 65.2 Å². The van der Waals surface area contributed by atoms with E-state index in [0.29, 0.717) is 11.4 Å². The van der Waals surface area contributed by atoms with E-state index >= 15 is 0 Å². The van der Waals surface area contributed by atoms with Crippen LogP contribution >= 0.6 is 0 Å². The molecule has 4 nitrogen and oxygen atoms in total. The quantitative estimate of drug-likeness (QED) is 0.608. The fraction of sp³-hybridized carbons (Fsp3) is 0.143. The molecule has 1 aromatic rings. The first kappa shape index (κ1) is 11.0. The molecule has 0 aromatic carbocycles. The molecule has 0 bridgehead atoms. The van der Waals surface area contributed by atoms with E-state index in [1.54, 1.807) is 0 Å². The molecule has 12 heavy (non-hydrogen) atoms. The minimum atomic E-state index is -0.481. The van der Waals surface area contributed by atoms with Gasteiger partial charge in [0.2, 0.25) is 11.8 Å². The van der Waals surface area contributed by atoms with Crippen LogP contribution in [0.4, 0.5) is 0 Å². The normalized spacial score (nSPS) is 8.42. The number of methoxy groups -OCH3 is 1. The second kappa shape index (κ2) is 4.81. The molecule has 0 aliphatic carbocycles. The van der Waals surface area contributed by atoms with Crippen molar-refractivity contribution in [1.29, 1.82) is 0 Å². The van der Waals surface area contributed by atoms with Crippen molar-refractivity contribution in [2.75, 3.05) is 7.11 Å². The Balaban J connectivity index is 0.00000121. The van der Waals surface area contributed by atoms with Crippen LogP contribution in [-0.2, 0) is 0 Å². The van der Waals surface area contributed by atoms with Crippen LogP contribution in [-0.4, -0.2) is 36.9 Å². The summed E-state index contributed by atoms with van der Waals surface area (Å²) in [6, 6.07) is 3.02. The smallest absolute Gasteiger partial charge is 0.248 e. The van der Waals surface area contributed by atoms with E-state index in [2.05, 4.69) is 4.98 Å². The Kier molecular flexibility index (Phi) is 4.41. The van der Waals surface area contributed by atoms with Crippen LogP contribution in [0.1, 0.15) is 10.4 Å². The van der Waals surface area contributed by atoms with Crippen molar-refractivity contribution in [2.45, 2.75) is 0 Å². The van der Waals surface area contributed by atoms with Crippen molar-refractivity contribution < 1.29 is 9.53 Å². The first-order valence-electron chi connectivity index (χ1n) is 3.04. The zero-order valence-corrected chi connectivity index (χ0v) is 7.07. The molecule has 0 saturated carbocycles. The average Bonchev–Trinajstić information content (AvgIpc) is 2.05. The fourth-order valence-electron chi connectivity index (χ4n) is 0.674. The molecule has 5 heteroatoms. The maximum absolute atomic E-state index is 10.6. The molecule has 0 spiro atoms. The summed E-state index contributed by atoms with van der Waals surface area (Å²) < 4.78 is 4.79. The number of pyridine rings is 1. The largest absolute Gasteiger partial charge is 0.481 e. The molecule has 1 heterocycles. The predicted molar refractivity (Wildman–Crippen MR) is 45.1 cm³/mol. The Hall–Kier alpha value is -0.983. The molecule has 0 saturated heterocycles. The van der Waals surface area contributed by atoms with Crippen LogP contribution in [0.3, 0.4) is 0 Å². The SMILES string of the molecule is COc1cc(C(N)=O)ccn1.[Li]. The first-order chi connectivity index (χ1) is 5.24. The van der Waals surface area contributed by atoms with E-state index in [-0.39, 0.29) is 18.9 Å². The third-order valence-electron chi connectivity index (χ3n) is 1.23. The summed E-state index contributed by atoms with van der Waals surface area (Å²) in [6.07, 6.45) is 1.47. The zero-order valence-electron chi connectivity index (χ0n) is 7.07. The second-order valence-electron chi connectivity index (χ2n) is 1.95. The number of aromatic nitrogens is 1. The van der Waals surface area contributed by atoms with Gasteiger partial charge in [0.1, 0.15) is 0 Å². The van der Waals surface area contributed by atoms with Gasteiger partial charge in [-0.3, -0.25) is 4.79 Å². The molecule has 0 atom stereocenters. The Labute approximate surface area is 82.3 Å². The van der Waals surface area contributed by atoms with Crippen molar-refractivity contribution in [1.82, 2.24) is 4.98 Å². The van der Waals surface area contributed by atoms with Crippen molar-refractivity contribution in [3.05, 3.63) is 23.9 Å². The van der Waals surface area contributed by atoms with Crippen LogP contribution < -0.4 is 10.5 Å². The van der Waals surface area contributed by atoms with Gasteiger partial charge in [0, 0.05) is 36.7 Å². The van der Waals surface area contributed by atoms with E-state index in [9.17, 15) is 4.79 Å². The Bertz CT molecular complexity index is 278. The minimum absolute atomic E-state index is 0. The first-order valence-corrected chi connectivity index (χ1v) is 3.04. The molecule has 0 aliphatic heterocycles. The number of rotatable bonds is 2. The summed E-state index contributed by atoms with van der Waals surface area (Å²) in [5, 5.41) is 0. The third kappa shape index (κ3) is 2.57. The molecule has 1 radical (unpaired) electrons. The number of ether oxygens (including phenoxy) is 1. The molecule has 59 valence electrons. The van der Waals surface area contributed by atoms with Gasteiger partial charge in [-0.05, 0) is 6.07 Å². The second-order valence-corrected chi connectivity index (χ2v) is 1.95. The van der Waals surface area contributed by atoms with Gasteiger partial charge in [-0.1, -0.05) is 0 Å². The van der Waals surface area contributed by atoms with E-state index < -0.39 is 5.91 Å². The molecule has 0 fully saturated rings. The fourth-order valence-corrected chi connectivity index (χ4v) is 0.674. The molecule has 1 amide bonds. The number of hydrogen-bond donors (Lipinski definition) is 1. The van der Waals surface area contributed by atoms with Gasteiger partial charge < -0.3 is 10.5 Å². The minimum Gasteiger partial charge on any atom is -0.481 e. The van der Waals surface area contributed by atoms with Crippen LogP contribution in [0.5, 0.6) is 5.88 Å². The number of carbonyl (C=O) groups is 1. The zero-order chi connectivity index (χ0) is 8.27. The molecule has 0 unspecified atom stereocenters. The number of hydrogen-bond acceptors (Lipinski definition) is 3. The maximum atomic E-state index is 10.6. The van der Waals surface area contributed by atoms with E-state index in [0.717, 1.165) is 0 Å². The van der Waals surface area contributed by atoms with Crippen molar-refractivity contribution in [3.8, 4) is 5.88 Å². The molecule has 0 aliphatic rings. The molecule has 1 aromatic heterocycles. The summed E-state index contributed by atoms with van der Waals surface area (Å²) >= 11 is 0. The van der Waals surface area contributed by atoms with Gasteiger partial charge in [-0.25, -0.2) is 4.98 Å². The number of amides is 1. The van der Waals surface area contributed by atoms with Gasteiger partial charge in [0.25, 0.3) is 0 Å². The van der Waals surface area contributed by atoms with Gasteiger partial charge >= 0.3 is 0 Å². The molecule has 1 rings (SSSR count). The summed E-state index contributed by atoms with van der Waals surface area (Å²) in [5.41, 5.74) is 5.41. The summed E-state index contributed by atoms with van der Waals surface area (Å²) in [5.74, 6) is -0.0907. The summed E-state index contributed by atoms with van der Waals surface area (Å²) in [4.78, 5) is 14.4. The van der Waals surface area contributed by atoms with E-state index in [1.807, 2.05) is 0 Å². The van der Waals surface area contributed by atoms with Crippen LogP contribution in [0.2, 0.25) is 0 Å². The van der Waals surface area contributed by atoms with Crippen molar-refractivity contribution in [2.24, 2.45) is 5.73 Å². The number of nitrogens with zero attached hydrogens (tertiary/aromatic N) is 1. The van der Waals surface area contributed by atoms with E-state index in [4.69, 9.17) is 10.5 Å². The third-order valence-corrected chi connectivity index (χ3v) is 1.23. The average molecular weight is 159 g/mol. The van der Waals surface area contributed by atoms with Crippen molar-refractivity contribution in [3.63, 3.8) is 0 Å². The summed E-state index contributed by atoms with van der Waals surface area (Å²) in [7, 11) is 1.48. The molecular formula is C7H8LiN2O2. The van der Waals surface area contributed by atoms with Crippen LogP contribution in [0.15, 0.2) is 18.3 Å². The Morgan fingerprint density at radius 3 is 2.83 bits per heavy atom. The van der Waals surface area contributed by atoms with Gasteiger partial charge in [0.05, 0.1) is 7.11 Å². The molecule has 2 N–H and O–H groups in total. The van der Waals surface area contributed by atoms with Gasteiger partial charge in [-0.2, -0.15) is 0 Å². The monoisotopic (exact) mass is 159 g/mol. The van der Waals surface area contributed by atoms with Crippen LogP contribution in [0.25, 0.3) is 0 Å². The molecular weight excluding hydrogens is 151 g/mol. The van der Waals surface area contributed by atoms with Gasteiger partial charge in [0.15, 0.2) is 0 Å². The Morgan fingerprint density at radius 1 is 1.67 bits per heavy atom. The predicted octanol–water partition coefficient (Wildman–Crippen LogP) is -0.192. The van der Waals surface area contributed by atoms with E-state index in [1.165, 1.54) is 25.4 Å². The number of carbonyl (C=O) groups excluding carboxylic acids is 1. The Morgan fingerprint density at radius 2 is 2.33 bits per heavy atom. The maximum Gasteiger partial charge on any atom is 0.248 e. The number of nitrogens with two attached hydrogens (primary N) is 1. The van der Waals surface area contributed by atoms with Crippen LogP contribution in [0, 0.1) is 0 Å². The van der Waals surface area contributed by atoms with Crippen molar-refractivity contribution >= 4 is 24.8 Å².